The molecule has 80 valence electrons. The molecule has 5 nitrogen and oxygen atoms in total. The van der Waals surface area contributed by atoms with Gasteiger partial charge in [0.05, 0.1) is 5.25 Å². The molecule has 0 bridgehead atoms. The van der Waals surface area contributed by atoms with Crippen molar-refractivity contribution in [3.05, 3.63) is 0 Å². The third kappa shape index (κ3) is 1.84. The van der Waals surface area contributed by atoms with Gasteiger partial charge in [-0.1, -0.05) is 0 Å². The van der Waals surface area contributed by atoms with E-state index >= 15 is 0 Å². The standard InChI is InChI=1S/C7H12N2O3S2/c10-14(11,12)4-1-2-5-6(3-4)9-7(13)8-5/h4-6H,1-3H2,(H2,8,9,13)(H,10,11,12)/t4-,5?,6?/m1/s1. The molecular weight excluding hydrogens is 224 g/mol. The Labute approximate surface area is 88.0 Å². The van der Waals surface area contributed by atoms with Crippen LogP contribution in [0.2, 0.25) is 0 Å². The SMILES string of the molecule is O=S(=O)(O)[C@@H]1CCC2NC(=S)NC2C1. The number of rotatable bonds is 1. The molecule has 3 atom stereocenters. The molecule has 0 radical (unpaired) electrons. The lowest BCUT2D eigenvalue weighted by atomic mass is 9.91. The highest BCUT2D eigenvalue weighted by atomic mass is 32.2. The minimum atomic E-state index is -3.89. The van der Waals surface area contributed by atoms with Crippen LogP contribution < -0.4 is 10.6 Å². The molecule has 0 spiro atoms. The van der Waals surface area contributed by atoms with Crippen LogP contribution in [0.15, 0.2) is 0 Å². The number of thiocarbonyl (C=S) groups is 1. The van der Waals surface area contributed by atoms with Crippen LogP contribution in [0.25, 0.3) is 0 Å². The van der Waals surface area contributed by atoms with Gasteiger partial charge in [-0.2, -0.15) is 8.42 Å². The van der Waals surface area contributed by atoms with Crippen LogP contribution in [0.3, 0.4) is 0 Å². The molecular formula is C7H12N2O3S2. The van der Waals surface area contributed by atoms with Crippen molar-refractivity contribution in [1.29, 1.82) is 0 Å². The Morgan fingerprint density at radius 3 is 2.57 bits per heavy atom. The van der Waals surface area contributed by atoms with E-state index in [1.165, 1.54) is 0 Å². The van der Waals surface area contributed by atoms with Gasteiger partial charge in [0, 0.05) is 12.1 Å². The Balaban J connectivity index is 2.08. The quantitative estimate of drug-likeness (QED) is 0.426. The van der Waals surface area contributed by atoms with Crippen LogP contribution >= 0.6 is 12.2 Å². The van der Waals surface area contributed by atoms with E-state index in [0.29, 0.717) is 18.0 Å². The summed E-state index contributed by atoms with van der Waals surface area (Å²) in [6.45, 7) is 0. The molecule has 1 aliphatic heterocycles. The van der Waals surface area contributed by atoms with Crippen molar-refractivity contribution in [2.24, 2.45) is 0 Å². The molecule has 14 heavy (non-hydrogen) atoms. The summed E-state index contributed by atoms with van der Waals surface area (Å²) in [5, 5.41) is 6.01. The first kappa shape index (κ1) is 10.1. The van der Waals surface area contributed by atoms with Gasteiger partial charge in [0.2, 0.25) is 0 Å². The maximum Gasteiger partial charge on any atom is 0.267 e. The van der Waals surface area contributed by atoms with Crippen LogP contribution in [0, 0.1) is 0 Å². The van der Waals surface area contributed by atoms with E-state index < -0.39 is 15.4 Å². The van der Waals surface area contributed by atoms with Crippen LogP contribution in [-0.4, -0.2) is 35.4 Å². The Morgan fingerprint density at radius 2 is 1.93 bits per heavy atom. The predicted molar refractivity (Wildman–Crippen MR) is 55.6 cm³/mol. The fourth-order valence-electron chi connectivity index (χ4n) is 2.11. The number of fused-ring (bicyclic) bond motifs is 1. The summed E-state index contributed by atoms with van der Waals surface area (Å²) in [5.41, 5.74) is 0. The molecule has 1 heterocycles. The van der Waals surface area contributed by atoms with Gasteiger partial charge in [-0.3, -0.25) is 4.55 Å². The molecule has 2 rings (SSSR count). The molecule has 7 heteroatoms. The topological polar surface area (TPSA) is 78.4 Å². The lowest BCUT2D eigenvalue weighted by Crippen LogP contribution is -2.43. The Bertz CT molecular complexity index is 354. The lowest BCUT2D eigenvalue weighted by Gasteiger charge is -2.28. The second-order valence-corrected chi connectivity index (χ2v) is 5.89. The Hall–Kier alpha value is -0.400. The van der Waals surface area contributed by atoms with E-state index in [4.69, 9.17) is 16.8 Å². The molecule has 0 aromatic rings. The number of hydrogen-bond donors (Lipinski definition) is 3. The minimum absolute atomic E-state index is 0.0446. The summed E-state index contributed by atoms with van der Waals surface area (Å²) in [7, 11) is -3.89. The maximum atomic E-state index is 10.9. The summed E-state index contributed by atoms with van der Waals surface area (Å²) in [4.78, 5) is 0. The third-order valence-electron chi connectivity index (χ3n) is 2.86. The highest BCUT2D eigenvalue weighted by Gasteiger charge is 2.39. The summed E-state index contributed by atoms with van der Waals surface area (Å²) >= 11 is 4.93. The highest BCUT2D eigenvalue weighted by molar-refractivity contribution is 7.86. The van der Waals surface area contributed by atoms with Crippen molar-refractivity contribution >= 4 is 27.4 Å². The van der Waals surface area contributed by atoms with E-state index in [0.717, 1.165) is 6.42 Å². The summed E-state index contributed by atoms with van der Waals surface area (Å²) < 4.78 is 30.8. The van der Waals surface area contributed by atoms with Crippen LogP contribution in [0.1, 0.15) is 19.3 Å². The molecule has 1 saturated carbocycles. The van der Waals surface area contributed by atoms with Gasteiger partial charge in [0.25, 0.3) is 10.1 Å². The van der Waals surface area contributed by atoms with Crippen LogP contribution in [-0.2, 0) is 10.1 Å². The molecule has 0 amide bonds. The van der Waals surface area contributed by atoms with Gasteiger partial charge in [0.1, 0.15) is 0 Å². The zero-order chi connectivity index (χ0) is 10.3. The second kappa shape index (κ2) is 3.32. The van der Waals surface area contributed by atoms with E-state index in [1.54, 1.807) is 0 Å². The van der Waals surface area contributed by atoms with Crippen molar-refractivity contribution in [2.75, 3.05) is 0 Å². The molecule has 1 aliphatic carbocycles. The van der Waals surface area contributed by atoms with Crippen LogP contribution in [0.4, 0.5) is 0 Å². The van der Waals surface area contributed by atoms with Gasteiger partial charge < -0.3 is 10.6 Å². The molecule has 0 aromatic heterocycles. The molecule has 0 aromatic carbocycles. The second-order valence-electron chi connectivity index (χ2n) is 3.78. The molecule has 3 N–H and O–H groups in total. The normalized spacial score (nSPS) is 37.2. The third-order valence-corrected chi connectivity index (χ3v) is 4.36. The van der Waals surface area contributed by atoms with Crippen molar-refractivity contribution in [2.45, 2.75) is 36.6 Å². The molecule has 2 aliphatic rings. The van der Waals surface area contributed by atoms with E-state index in [1.807, 2.05) is 0 Å². The van der Waals surface area contributed by atoms with E-state index in [9.17, 15) is 8.42 Å². The molecule has 2 unspecified atom stereocenters. The predicted octanol–water partition coefficient (Wildman–Crippen LogP) is -0.358. The van der Waals surface area contributed by atoms with Crippen molar-refractivity contribution in [1.82, 2.24) is 10.6 Å². The maximum absolute atomic E-state index is 10.9. The number of nitrogens with one attached hydrogen (secondary N) is 2. The summed E-state index contributed by atoms with van der Waals surface area (Å²) in [5.74, 6) is 0. The zero-order valence-electron chi connectivity index (χ0n) is 7.43. The first-order valence-corrected chi connectivity index (χ1v) is 6.41. The van der Waals surface area contributed by atoms with E-state index in [2.05, 4.69) is 10.6 Å². The molecule has 2 fully saturated rings. The van der Waals surface area contributed by atoms with E-state index in [-0.39, 0.29) is 12.1 Å². The highest BCUT2D eigenvalue weighted by Crippen LogP contribution is 2.26. The van der Waals surface area contributed by atoms with Crippen molar-refractivity contribution in [3.63, 3.8) is 0 Å². The monoisotopic (exact) mass is 236 g/mol. The zero-order valence-corrected chi connectivity index (χ0v) is 9.07. The average molecular weight is 236 g/mol. The first-order chi connectivity index (χ1) is 6.47. The Kier molecular flexibility index (Phi) is 2.40. The minimum Gasteiger partial charge on any atom is -0.358 e. The van der Waals surface area contributed by atoms with Crippen molar-refractivity contribution < 1.29 is 13.0 Å². The van der Waals surface area contributed by atoms with Gasteiger partial charge in [-0.25, -0.2) is 0 Å². The smallest absolute Gasteiger partial charge is 0.267 e. The van der Waals surface area contributed by atoms with Gasteiger partial charge in [-0.05, 0) is 31.5 Å². The summed E-state index contributed by atoms with van der Waals surface area (Å²) in [6, 6.07) is 0.267. The van der Waals surface area contributed by atoms with Gasteiger partial charge in [0.15, 0.2) is 5.11 Å². The summed E-state index contributed by atoms with van der Waals surface area (Å²) in [6.07, 6.45) is 1.65. The first-order valence-electron chi connectivity index (χ1n) is 4.50. The fraction of sp³-hybridized carbons (Fsp3) is 0.857. The van der Waals surface area contributed by atoms with Gasteiger partial charge >= 0.3 is 0 Å². The van der Waals surface area contributed by atoms with Crippen LogP contribution in [0.5, 0.6) is 0 Å². The lowest BCUT2D eigenvalue weighted by molar-refractivity contribution is 0.355. The van der Waals surface area contributed by atoms with Crippen molar-refractivity contribution in [3.8, 4) is 0 Å². The number of hydrogen-bond acceptors (Lipinski definition) is 3. The Morgan fingerprint density at radius 1 is 1.29 bits per heavy atom. The largest absolute Gasteiger partial charge is 0.358 e. The van der Waals surface area contributed by atoms with Gasteiger partial charge in [-0.15, -0.1) is 0 Å². The fourth-order valence-corrected chi connectivity index (χ4v) is 3.30. The molecule has 1 saturated heterocycles. The average Bonchev–Trinajstić information content (AvgIpc) is 2.41.